The molecule has 0 spiro atoms. The zero-order chi connectivity index (χ0) is 13.5. The second-order valence-electron chi connectivity index (χ2n) is 3.91. The molecule has 0 aliphatic carbocycles. The fourth-order valence-electron chi connectivity index (χ4n) is 1.44. The number of nitrogens with zero attached hydrogens (tertiary/aromatic N) is 1. The highest BCUT2D eigenvalue weighted by Crippen LogP contribution is 2.27. The normalized spacial score (nSPS) is 9.67. The van der Waals surface area contributed by atoms with Crippen LogP contribution in [0.5, 0.6) is 0 Å². The molecule has 0 aliphatic rings. The molecule has 0 saturated carbocycles. The number of anilines is 2. The summed E-state index contributed by atoms with van der Waals surface area (Å²) in [5.41, 5.74) is 1.57. The van der Waals surface area contributed by atoms with Gasteiger partial charge in [-0.2, -0.15) is 0 Å². The Bertz CT molecular complexity index is 466. The molecule has 0 heterocycles. The number of halogens is 1. The van der Waals surface area contributed by atoms with Gasteiger partial charge in [-0.15, -0.1) is 6.42 Å². The molecule has 0 atom stereocenters. The summed E-state index contributed by atoms with van der Waals surface area (Å²) < 4.78 is 0. The van der Waals surface area contributed by atoms with Crippen molar-refractivity contribution in [3.05, 3.63) is 23.2 Å². The number of carbonyl (C=O) groups is 1. The third kappa shape index (κ3) is 4.28. The Morgan fingerprint density at radius 2 is 2.22 bits per heavy atom. The van der Waals surface area contributed by atoms with Gasteiger partial charge in [0, 0.05) is 19.1 Å². The molecule has 0 bridgehead atoms. The summed E-state index contributed by atoms with van der Waals surface area (Å²) in [5.74, 6) is 2.25. The van der Waals surface area contributed by atoms with Gasteiger partial charge in [0.25, 0.3) is 0 Å². The molecule has 96 valence electrons. The summed E-state index contributed by atoms with van der Waals surface area (Å²) in [6.07, 6.45) is 5.08. The van der Waals surface area contributed by atoms with Crippen LogP contribution in [0.1, 0.15) is 0 Å². The second-order valence-corrected chi connectivity index (χ2v) is 4.35. The van der Waals surface area contributed by atoms with Crippen LogP contribution in [0.2, 0.25) is 5.02 Å². The standard InChI is InChI=1S/C13H16ClN3O/c1-4-7-15-9-13(18)16-11-8-10(14)5-6-12(11)17(2)3/h1,5-6,8,15H,7,9H2,2-3H3,(H,16,18). The van der Waals surface area contributed by atoms with Crippen LogP contribution in [-0.4, -0.2) is 33.1 Å². The van der Waals surface area contributed by atoms with E-state index in [-0.39, 0.29) is 12.5 Å². The van der Waals surface area contributed by atoms with Crippen molar-refractivity contribution in [3.8, 4) is 12.3 Å². The monoisotopic (exact) mass is 265 g/mol. The van der Waals surface area contributed by atoms with Gasteiger partial charge in [0.05, 0.1) is 24.5 Å². The first kappa shape index (κ1) is 14.4. The van der Waals surface area contributed by atoms with Crippen molar-refractivity contribution in [2.45, 2.75) is 0 Å². The van der Waals surface area contributed by atoms with Crippen molar-refractivity contribution < 1.29 is 4.79 Å². The van der Waals surface area contributed by atoms with Gasteiger partial charge >= 0.3 is 0 Å². The van der Waals surface area contributed by atoms with Crippen molar-refractivity contribution >= 4 is 28.9 Å². The lowest BCUT2D eigenvalue weighted by molar-refractivity contribution is -0.115. The topological polar surface area (TPSA) is 44.4 Å². The lowest BCUT2D eigenvalue weighted by Crippen LogP contribution is -2.28. The molecule has 2 N–H and O–H groups in total. The van der Waals surface area contributed by atoms with E-state index in [9.17, 15) is 4.79 Å². The molecule has 0 fully saturated rings. The number of hydrogen-bond acceptors (Lipinski definition) is 3. The summed E-state index contributed by atoms with van der Waals surface area (Å²) >= 11 is 5.92. The molecule has 1 rings (SSSR count). The van der Waals surface area contributed by atoms with Gasteiger partial charge in [0.1, 0.15) is 0 Å². The molecule has 18 heavy (non-hydrogen) atoms. The fraction of sp³-hybridized carbons (Fsp3) is 0.308. The Hall–Kier alpha value is -1.70. The molecule has 0 aliphatic heterocycles. The van der Waals surface area contributed by atoms with Crippen molar-refractivity contribution in [1.29, 1.82) is 0 Å². The summed E-state index contributed by atoms with van der Waals surface area (Å²) in [6, 6.07) is 5.35. The van der Waals surface area contributed by atoms with Crippen LogP contribution in [0.3, 0.4) is 0 Å². The number of rotatable bonds is 5. The highest BCUT2D eigenvalue weighted by Gasteiger charge is 2.08. The molecule has 0 saturated heterocycles. The number of nitrogens with one attached hydrogen (secondary N) is 2. The quantitative estimate of drug-likeness (QED) is 0.627. The van der Waals surface area contributed by atoms with E-state index < -0.39 is 0 Å². The van der Waals surface area contributed by atoms with Crippen LogP contribution in [-0.2, 0) is 4.79 Å². The zero-order valence-electron chi connectivity index (χ0n) is 10.5. The first-order valence-corrected chi connectivity index (χ1v) is 5.83. The number of amides is 1. The fourth-order valence-corrected chi connectivity index (χ4v) is 1.61. The maximum absolute atomic E-state index is 11.7. The van der Waals surface area contributed by atoms with E-state index in [1.807, 2.05) is 25.1 Å². The Labute approximate surface area is 112 Å². The van der Waals surface area contributed by atoms with E-state index in [0.717, 1.165) is 5.69 Å². The van der Waals surface area contributed by atoms with Crippen LogP contribution in [0.15, 0.2) is 18.2 Å². The van der Waals surface area contributed by atoms with E-state index >= 15 is 0 Å². The molecule has 4 nitrogen and oxygen atoms in total. The van der Waals surface area contributed by atoms with Crippen molar-refractivity contribution in [3.63, 3.8) is 0 Å². The van der Waals surface area contributed by atoms with Gasteiger partial charge in [-0.25, -0.2) is 0 Å². The van der Waals surface area contributed by atoms with E-state index in [1.165, 1.54) is 0 Å². The molecule has 1 aromatic rings. The predicted molar refractivity (Wildman–Crippen MR) is 76.1 cm³/mol. The second kappa shape index (κ2) is 6.90. The molecule has 0 radical (unpaired) electrons. The minimum atomic E-state index is -0.157. The van der Waals surface area contributed by atoms with Crippen molar-refractivity contribution in [2.75, 3.05) is 37.4 Å². The van der Waals surface area contributed by atoms with Gasteiger partial charge in [-0.05, 0) is 18.2 Å². The minimum absolute atomic E-state index is 0.157. The van der Waals surface area contributed by atoms with E-state index in [2.05, 4.69) is 16.6 Å². The Kier molecular flexibility index (Phi) is 5.50. The van der Waals surface area contributed by atoms with Crippen LogP contribution < -0.4 is 15.5 Å². The molecule has 1 amide bonds. The smallest absolute Gasteiger partial charge is 0.238 e. The van der Waals surface area contributed by atoms with Gasteiger partial charge < -0.3 is 10.2 Å². The lowest BCUT2D eigenvalue weighted by atomic mass is 10.2. The molecule has 1 aromatic carbocycles. The predicted octanol–water partition coefficient (Wildman–Crippen LogP) is 1.57. The van der Waals surface area contributed by atoms with E-state index in [4.69, 9.17) is 18.0 Å². The Morgan fingerprint density at radius 3 is 2.83 bits per heavy atom. The zero-order valence-corrected chi connectivity index (χ0v) is 11.2. The number of terminal acetylenes is 1. The summed E-state index contributed by atoms with van der Waals surface area (Å²) in [5, 5.41) is 6.20. The van der Waals surface area contributed by atoms with Crippen LogP contribution in [0.25, 0.3) is 0 Å². The largest absolute Gasteiger partial charge is 0.376 e. The SMILES string of the molecule is C#CCNCC(=O)Nc1cc(Cl)ccc1N(C)C. The van der Waals surface area contributed by atoms with Crippen molar-refractivity contribution in [1.82, 2.24) is 5.32 Å². The van der Waals surface area contributed by atoms with Crippen LogP contribution >= 0.6 is 11.6 Å². The number of hydrogen-bond donors (Lipinski definition) is 2. The summed E-state index contributed by atoms with van der Waals surface area (Å²) in [7, 11) is 3.80. The maximum atomic E-state index is 11.7. The third-order valence-corrected chi connectivity index (χ3v) is 2.46. The number of carbonyl (C=O) groups excluding carboxylic acids is 1. The molecular weight excluding hydrogens is 250 g/mol. The first-order valence-electron chi connectivity index (χ1n) is 5.45. The third-order valence-electron chi connectivity index (χ3n) is 2.23. The van der Waals surface area contributed by atoms with Gasteiger partial charge in [0.2, 0.25) is 5.91 Å². The van der Waals surface area contributed by atoms with Crippen LogP contribution in [0, 0.1) is 12.3 Å². The van der Waals surface area contributed by atoms with Gasteiger partial charge in [-0.1, -0.05) is 17.5 Å². The maximum Gasteiger partial charge on any atom is 0.238 e. The minimum Gasteiger partial charge on any atom is -0.376 e. The number of benzene rings is 1. The molecular formula is C13H16ClN3O. The molecule has 0 unspecified atom stereocenters. The molecule has 0 aromatic heterocycles. The highest BCUT2D eigenvalue weighted by atomic mass is 35.5. The van der Waals surface area contributed by atoms with Gasteiger partial charge in [0.15, 0.2) is 0 Å². The van der Waals surface area contributed by atoms with Crippen LogP contribution in [0.4, 0.5) is 11.4 Å². The highest BCUT2D eigenvalue weighted by molar-refractivity contribution is 6.31. The average Bonchev–Trinajstić information content (AvgIpc) is 2.29. The van der Waals surface area contributed by atoms with E-state index in [1.54, 1.807) is 12.1 Å². The Morgan fingerprint density at radius 1 is 1.50 bits per heavy atom. The summed E-state index contributed by atoms with van der Waals surface area (Å²) in [6.45, 7) is 0.535. The Balaban J connectivity index is 2.74. The lowest BCUT2D eigenvalue weighted by Gasteiger charge is -2.18. The molecule has 5 heteroatoms. The summed E-state index contributed by atoms with van der Waals surface area (Å²) in [4.78, 5) is 13.6. The first-order chi connectivity index (χ1) is 8.54. The van der Waals surface area contributed by atoms with Gasteiger partial charge in [-0.3, -0.25) is 10.1 Å². The van der Waals surface area contributed by atoms with Crippen molar-refractivity contribution in [2.24, 2.45) is 0 Å². The van der Waals surface area contributed by atoms with E-state index in [0.29, 0.717) is 17.3 Å². The average molecular weight is 266 g/mol.